The predicted octanol–water partition coefficient (Wildman–Crippen LogP) is 3.86. The maximum absolute atomic E-state index is 12.6. The molecule has 4 nitrogen and oxygen atoms in total. The molecule has 2 aromatic rings. The van der Waals surface area contributed by atoms with Gasteiger partial charge in [0.25, 0.3) is 0 Å². The average Bonchev–Trinajstić information content (AvgIpc) is 3.33. The van der Waals surface area contributed by atoms with Gasteiger partial charge in [-0.15, -0.1) is 0 Å². The number of hydrogen-bond acceptors (Lipinski definition) is 4. The van der Waals surface area contributed by atoms with Crippen LogP contribution in [-0.4, -0.2) is 24.5 Å². The highest BCUT2D eigenvalue weighted by Crippen LogP contribution is 2.26. The van der Waals surface area contributed by atoms with Gasteiger partial charge < -0.3 is 9.47 Å². The molecule has 0 heterocycles. The zero-order valence-electron chi connectivity index (χ0n) is 15.6. The monoisotopic (exact) mass is 364 g/mol. The average molecular weight is 364 g/mol. The Morgan fingerprint density at radius 2 is 1.52 bits per heavy atom. The molecule has 0 fully saturated rings. The highest BCUT2D eigenvalue weighted by atomic mass is 16.6. The van der Waals surface area contributed by atoms with E-state index in [2.05, 4.69) is 6.07 Å². The van der Waals surface area contributed by atoms with E-state index >= 15 is 0 Å². The molecule has 0 saturated heterocycles. The van der Waals surface area contributed by atoms with Gasteiger partial charge in [0.1, 0.15) is 5.75 Å². The fraction of sp³-hybridized carbons (Fsp3) is 0.391. The van der Waals surface area contributed by atoms with Gasteiger partial charge in [-0.3, -0.25) is 4.79 Å². The number of esters is 1. The largest absolute Gasteiger partial charge is 0.482 e. The summed E-state index contributed by atoms with van der Waals surface area (Å²) in [5, 5.41) is 0. The van der Waals surface area contributed by atoms with E-state index in [-0.39, 0.29) is 12.4 Å². The van der Waals surface area contributed by atoms with Gasteiger partial charge in [-0.05, 0) is 85.9 Å². The maximum Gasteiger partial charge on any atom is 0.344 e. The Morgan fingerprint density at radius 3 is 2.26 bits per heavy atom. The van der Waals surface area contributed by atoms with Gasteiger partial charge >= 0.3 is 5.97 Å². The van der Waals surface area contributed by atoms with Crippen molar-refractivity contribution in [2.24, 2.45) is 0 Å². The van der Waals surface area contributed by atoms with Gasteiger partial charge in [-0.1, -0.05) is 18.2 Å². The van der Waals surface area contributed by atoms with Crippen molar-refractivity contribution in [1.82, 2.24) is 0 Å². The Balaban J connectivity index is 1.31. The molecule has 2 aromatic carbocycles. The molecule has 4 heteroatoms. The van der Waals surface area contributed by atoms with Crippen LogP contribution in [0.5, 0.6) is 5.75 Å². The lowest BCUT2D eigenvalue weighted by atomic mass is 10.0. The molecule has 2 aliphatic rings. The van der Waals surface area contributed by atoms with Gasteiger partial charge in [0.2, 0.25) is 5.78 Å². The van der Waals surface area contributed by atoms with Crippen LogP contribution in [0.2, 0.25) is 0 Å². The smallest absolute Gasteiger partial charge is 0.344 e. The third-order valence-electron chi connectivity index (χ3n) is 5.49. The zero-order valence-corrected chi connectivity index (χ0v) is 15.6. The van der Waals surface area contributed by atoms with Crippen molar-refractivity contribution in [3.05, 3.63) is 64.2 Å². The summed E-state index contributed by atoms with van der Waals surface area (Å²) in [6, 6.07) is 11.7. The molecule has 0 aromatic heterocycles. The summed E-state index contributed by atoms with van der Waals surface area (Å²) in [5.74, 6) is -0.0294. The van der Waals surface area contributed by atoms with Gasteiger partial charge in [-0.2, -0.15) is 0 Å². The van der Waals surface area contributed by atoms with Gasteiger partial charge in [-0.25, -0.2) is 4.79 Å². The summed E-state index contributed by atoms with van der Waals surface area (Å²) < 4.78 is 10.8. The lowest BCUT2D eigenvalue weighted by Crippen LogP contribution is -2.27. The van der Waals surface area contributed by atoms with E-state index in [9.17, 15) is 9.59 Å². The first-order valence-corrected chi connectivity index (χ1v) is 9.70. The molecule has 0 amide bonds. The number of carbonyl (C=O) groups is 2. The van der Waals surface area contributed by atoms with Gasteiger partial charge in [0, 0.05) is 5.56 Å². The summed E-state index contributed by atoms with van der Waals surface area (Å²) in [5.41, 5.74) is 5.81. The standard InChI is InChI=1S/C23H24O4/c1-15(23(25)20-9-8-16-4-2-6-18(16)12-20)27-22(24)14-26-21-11-10-17-5-3-7-19(17)13-21/h8-13,15H,2-7,14H2,1H3/t15-/m1/s1. The molecule has 1 atom stereocenters. The molecular formula is C23H24O4. The summed E-state index contributed by atoms with van der Waals surface area (Å²) >= 11 is 0. The number of hydrogen-bond donors (Lipinski definition) is 0. The van der Waals surface area contributed by atoms with Crippen LogP contribution in [-0.2, 0) is 35.2 Å². The Kier molecular flexibility index (Phi) is 4.97. The van der Waals surface area contributed by atoms with Crippen LogP contribution in [0, 0.1) is 0 Å². The summed E-state index contributed by atoms with van der Waals surface area (Å²) in [7, 11) is 0. The lowest BCUT2D eigenvalue weighted by Gasteiger charge is -2.14. The molecule has 4 rings (SSSR count). The van der Waals surface area contributed by atoms with Crippen molar-refractivity contribution in [1.29, 1.82) is 0 Å². The van der Waals surface area contributed by atoms with Crippen LogP contribution in [0.15, 0.2) is 36.4 Å². The molecule has 0 bridgehead atoms. The van der Waals surface area contributed by atoms with Crippen molar-refractivity contribution in [3.63, 3.8) is 0 Å². The third kappa shape index (κ3) is 3.90. The predicted molar refractivity (Wildman–Crippen MR) is 102 cm³/mol. The van der Waals surface area contributed by atoms with Crippen LogP contribution in [0.4, 0.5) is 0 Å². The van der Waals surface area contributed by atoms with Crippen LogP contribution in [0.1, 0.15) is 52.4 Å². The maximum atomic E-state index is 12.6. The molecule has 2 aliphatic carbocycles. The first-order chi connectivity index (χ1) is 13.1. The molecule has 0 aliphatic heterocycles. The van der Waals surface area contributed by atoms with E-state index in [1.807, 2.05) is 30.3 Å². The zero-order chi connectivity index (χ0) is 18.8. The van der Waals surface area contributed by atoms with Crippen LogP contribution in [0.3, 0.4) is 0 Å². The second-order valence-electron chi connectivity index (χ2n) is 7.41. The number of ether oxygens (including phenoxy) is 2. The second-order valence-corrected chi connectivity index (χ2v) is 7.41. The number of Topliss-reactive ketones (excluding diaryl/α,β-unsaturated/α-hetero) is 1. The molecule has 0 unspecified atom stereocenters. The molecule has 140 valence electrons. The minimum absolute atomic E-state index is 0.171. The van der Waals surface area contributed by atoms with E-state index in [1.54, 1.807) is 6.92 Å². The topological polar surface area (TPSA) is 52.6 Å². The van der Waals surface area contributed by atoms with Gasteiger partial charge in [0.15, 0.2) is 12.7 Å². The quantitative estimate of drug-likeness (QED) is 0.577. The first kappa shape index (κ1) is 17.8. The molecule has 0 radical (unpaired) electrons. The van der Waals surface area contributed by atoms with Crippen molar-refractivity contribution >= 4 is 11.8 Å². The number of benzene rings is 2. The summed E-state index contributed by atoms with van der Waals surface area (Å²) in [6.07, 6.45) is 5.75. The summed E-state index contributed by atoms with van der Waals surface area (Å²) in [6.45, 7) is 1.42. The van der Waals surface area contributed by atoms with Crippen molar-refractivity contribution < 1.29 is 19.1 Å². The number of aryl methyl sites for hydroxylation is 4. The fourth-order valence-corrected chi connectivity index (χ4v) is 4.02. The van der Waals surface area contributed by atoms with Crippen molar-refractivity contribution in [2.75, 3.05) is 6.61 Å². The molecule has 27 heavy (non-hydrogen) atoms. The van der Waals surface area contributed by atoms with E-state index in [0.29, 0.717) is 11.3 Å². The first-order valence-electron chi connectivity index (χ1n) is 9.70. The minimum Gasteiger partial charge on any atom is -0.482 e. The van der Waals surface area contributed by atoms with Crippen LogP contribution in [0.25, 0.3) is 0 Å². The van der Waals surface area contributed by atoms with Crippen molar-refractivity contribution in [2.45, 2.75) is 51.6 Å². The number of fused-ring (bicyclic) bond motifs is 2. The van der Waals surface area contributed by atoms with Crippen LogP contribution < -0.4 is 4.74 Å². The Hall–Kier alpha value is -2.62. The number of rotatable bonds is 6. The van der Waals surface area contributed by atoms with E-state index < -0.39 is 12.1 Å². The molecular weight excluding hydrogens is 340 g/mol. The second kappa shape index (κ2) is 7.55. The molecule has 0 spiro atoms. The normalized spacial score (nSPS) is 15.7. The van der Waals surface area contributed by atoms with Crippen LogP contribution >= 0.6 is 0 Å². The van der Waals surface area contributed by atoms with E-state index in [1.165, 1.54) is 28.7 Å². The Bertz CT molecular complexity index is 884. The summed E-state index contributed by atoms with van der Waals surface area (Å²) in [4.78, 5) is 24.6. The van der Waals surface area contributed by atoms with Gasteiger partial charge in [0.05, 0.1) is 0 Å². The molecule has 0 N–H and O–H groups in total. The number of ketones is 1. The Morgan fingerprint density at radius 1 is 0.889 bits per heavy atom. The highest BCUT2D eigenvalue weighted by Gasteiger charge is 2.22. The fourth-order valence-electron chi connectivity index (χ4n) is 4.02. The highest BCUT2D eigenvalue weighted by molar-refractivity contribution is 6.00. The number of carbonyl (C=O) groups excluding carboxylic acids is 2. The minimum atomic E-state index is -0.819. The van der Waals surface area contributed by atoms with E-state index in [0.717, 1.165) is 32.1 Å². The van der Waals surface area contributed by atoms with E-state index in [4.69, 9.17) is 9.47 Å². The SMILES string of the molecule is C[C@@H](OC(=O)COc1ccc2c(c1)CCC2)C(=O)c1ccc2c(c1)CCC2. The van der Waals surface area contributed by atoms with Crippen molar-refractivity contribution in [3.8, 4) is 5.75 Å². The lowest BCUT2D eigenvalue weighted by molar-refractivity contribution is -0.148. The molecule has 0 saturated carbocycles. The third-order valence-corrected chi connectivity index (χ3v) is 5.49. The Labute approximate surface area is 159 Å².